The summed E-state index contributed by atoms with van der Waals surface area (Å²) in [5.74, 6) is -0.828. The summed E-state index contributed by atoms with van der Waals surface area (Å²) in [5.41, 5.74) is 2.05. The number of nitrogens with one attached hydrogen (secondary N) is 1. The van der Waals surface area contributed by atoms with E-state index in [2.05, 4.69) is 5.32 Å². The summed E-state index contributed by atoms with van der Waals surface area (Å²) in [4.78, 5) is 27.5. The smallest absolute Gasteiger partial charge is 0.244 e. The molecule has 0 fully saturated rings. The van der Waals surface area contributed by atoms with Crippen LogP contribution in [0.25, 0.3) is 0 Å². The molecule has 0 unspecified atom stereocenters. The van der Waals surface area contributed by atoms with Gasteiger partial charge in [0, 0.05) is 13.1 Å². The van der Waals surface area contributed by atoms with Crippen molar-refractivity contribution in [2.45, 2.75) is 39.8 Å². The topological polar surface area (TPSA) is 86.8 Å². The number of amides is 2. The largest absolute Gasteiger partial charge is 0.354 e. The zero-order valence-electron chi connectivity index (χ0n) is 19.1. The number of hydrogen-bond acceptors (Lipinski definition) is 4. The number of halogens is 2. The van der Waals surface area contributed by atoms with Crippen molar-refractivity contribution in [1.29, 1.82) is 0 Å². The van der Waals surface area contributed by atoms with E-state index < -0.39 is 28.5 Å². The minimum Gasteiger partial charge on any atom is -0.354 e. The van der Waals surface area contributed by atoms with Crippen LogP contribution in [0.3, 0.4) is 0 Å². The van der Waals surface area contributed by atoms with E-state index in [1.165, 1.54) is 23.1 Å². The number of aryl methyl sites for hydroxylation is 1. The van der Waals surface area contributed by atoms with Gasteiger partial charge in [0.1, 0.15) is 12.6 Å². The van der Waals surface area contributed by atoms with Crippen LogP contribution in [-0.4, -0.2) is 50.5 Å². The number of anilines is 1. The van der Waals surface area contributed by atoms with E-state index >= 15 is 0 Å². The van der Waals surface area contributed by atoms with E-state index in [9.17, 15) is 18.0 Å². The lowest BCUT2D eigenvalue weighted by Gasteiger charge is -2.31. The average Bonchev–Trinajstić information content (AvgIpc) is 2.74. The Morgan fingerprint density at radius 2 is 1.79 bits per heavy atom. The van der Waals surface area contributed by atoms with Gasteiger partial charge in [0.25, 0.3) is 0 Å². The Balaban J connectivity index is 2.39. The Morgan fingerprint density at radius 3 is 2.36 bits per heavy atom. The van der Waals surface area contributed by atoms with Crippen molar-refractivity contribution in [3.8, 4) is 0 Å². The van der Waals surface area contributed by atoms with Crippen molar-refractivity contribution in [3.05, 3.63) is 63.6 Å². The predicted octanol–water partition coefficient (Wildman–Crippen LogP) is 4.01. The fraction of sp³-hybridized carbons (Fsp3) is 0.391. The summed E-state index contributed by atoms with van der Waals surface area (Å²) in [6, 6.07) is 11.1. The first-order valence-corrected chi connectivity index (χ1v) is 13.1. The SMILES string of the molecule is CCCNC(=O)[C@H](C)N(Cc1cccc(C)c1)C(=O)CN(c1ccc(Cl)c(Cl)c1)S(C)(=O)=O. The van der Waals surface area contributed by atoms with Gasteiger partial charge in [-0.2, -0.15) is 0 Å². The van der Waals surface area contributed by atoms with Gasteiger partial charge in [-0.25, -0.2) is 8.42 Å². The van der Waals surface area contributed by atoms with Gasteiger partial charge in [0.2, 0.25) is 21.8 Å². The Morgan fingerprint density at radius 1 is 1.09 bits per heavy atom. The van der Waals surface area contributed by atoms with Crippen LogP contribution in [0.1, 0.15) is 31.4 Å². The molecular weight excluding hydrogens is 485 g/mol. The Kier molecular flexibility index (Phi) is 9.57. The van der Waals surface area contributed by atoms with Crippen LogP contribution in [0.5, 0.6) is 0 Å². The highest BCUT2D eigenvalue weighted by molar-refractivity contribution is 7.92. The molecule has 0 heterocycles. The van der Waals surface area contributed by atoms with Gasteiger partial charge in [0.15, 0.2) is 0 Å². The zero-order valence-corrected chi connectivity index (χ0v) is 21.5. The van der Waals surface area contributed by atoms with Crippen LogP contribution in [-0.2, 0) is 26.2 Å². The lowest BCUT2D eigenvalue weighted by Crippen LogP contribution is -2.51. The molecule has 0 saturated carbocycles. The third-order valence-corrected chi connectivity index (χ3v) is 6.90. The second-order valence-electron chi connectivity index (χ2n) is 7.85. The summed E-state index contributed by atoms with van der Waals surface area (Å²) in [7, 11) is -3.83. The molecule has 0 aromatic heterocycles. The number of hydrogen-bond donors (Lipinski definition) is 1. The van der Waals surface area contributed by atoms with Crippen LogP contribution in [0.15, 0.2) is 42.5 Å². The molecule has 0 aliphatic heterocycles. The lowest BCUT2D eigenvalue weighted by atomic mass is 10.1. The maximum atomic E-state index is 13.4. The molecular formula is C23H29Cl2N3O4S. The molecule has 0 bridgehead atoms. The molecule has 0 aliphatic carbocycles. The minimum absolute atomic E-state index is 0.153. The summed E-state index contributed by atoms with van der Waals surface area (Å²) >= 11 is 12.0. The van der Waals surface area contributed by atoms with Crippen molar-refractivity contribution >= 4 is 50.7 Å². The van der Waals surface area contributed by atoms with E-state index in [-0.39, 0.29) is 28.2 Å². The van der Waals surface area contributed by atoms with E-state index in [1.54, 1.807) is 6.92 Å². The first-order chi connectivity index (χ1) is 15.4. The molecule has 33 heavy (non-hydrogen) atoms. The molecule has 2 aromatic carbocycles. The molecule has 7 nitrogen and oxygen atoms in total. The molecule has 0 aliphatic rings. The molecule has 2 amide bonds. The second kappa shape index (κ2) is 11.7. The average molecular weight is 514 g/mol. The number of carbonyl (C=O) groups excluding carboxylic acids is 2. The highest BCUT2D eigenvalue weighted by atomic mass is 35.5. The van der Waals surface area contributed by atoms with Crippen molar-refractivity contribution in [2.24, 2.45) is 0 Å². The van der Waals surface area contributed by atoms with E-state index in [0.717, 1.165) is 28.1 Å². The third-order valence-electron chi connectivity index (χ3n) is 5.02. The highest BCUT2D eigenvalue weighted by Gasteiger charge is 2.30. The molecule has 2 aromatic rings. The molecule has 180 valence electrons. The van der Waals surface area contributed by atoms with Crippen molar-refractivity contribution in [1.82, 2.24) is 10.2 Å². The summed E-state index contributed by atoms with van der Waals surface area (Å²) < 4.78 is 26.0. The normalized spacial score (nSPS) is 12.2. The number of benzene rings is 2. The summed E-state index contributed by atoms with van der Waals surface area (Å²) in [6.45, 7) is 5.63. The van der Waals surface area contributed by atoms with Crippen LogP contribution in [0.4, 0.5) is 5.69 Å². The maximum absolute atomic E-state index is 13.4. The number of rotatable bonds is 10. The van der Waals surface area contributed by atoms with Crippen LogP contribution in [0.2, 0.25) is 10.0 Å². The number of sulfonamides is 1. The second-order valence-corrected chi connectivity index (χ2v) is 10.6. The Bertz CT molecular complexity index is 1110. The van der Waals surface area contributed by atoms with E-state index in [1.807, 2.05) is 38.1 Å². The molecule has 10 heteroatoms. The first kappa shape index (κ1) is 27.0. The molecule has 1 N–H and O–H groups in total. The third kappa shape index (κ3) is 7.62. The van der Waals surface area contributed by atoms with Gasteiger partial charge < -0.3 is 10.2 Å². The summed E-state index contributed by atoms with van der Waals surface area (Å²) in [5, 5.41) is 3.23. The highest BCUT2D eigenvalue weighted by Crippen LogP contribution is 2.28. The van der Waals surface area contributed by atoms with Crippen molar-refractivity contribution < 1.29 is 18.0 Å². The summed E-state index contributed by atoms with van der Waals surface area (Å²) in [6.07, 6.45) is 1.76. The van der Waals surface area contributed by atoms with Crippen molar-refractivity contribution in [3.63, 3.8) is 0 Å². The van der Waals surface area contributed by atoms with E-state index in [0.29, 0.717) is 6.54 Å². The molecule has 2 rings (SSSR count). The lowest BCUT2D eigenvalue weighted by molar-refractivity contribution is -0.139. The molecule has 1 atom stereocenters. The van der Waals surface area contributed by atoms with Crippen molar-refractivity contribution in [2.75, 3.05) is 23.7 Å². The monoisotopic (exact) mass is 513 g/mol. The van der Waals surface area contributed by atoms with E-state index in [4.69, 9.17) is 23.2 Å². The van der Waals surface area contributed by atoms with Gasteiger partial charge in [-0.1, -0.05) is 60.0 Å². The standard InChI is InChI=1S/C23H29Cl2N3O4S/c1-5-11-26-23(30)17(3)27(14-18-8-6-7-16(2)12-18)22(29)15-28(33(4,31)32)19-9-10-20(24)21(25)13-19/h6-10,12-13,17H,5,11,14-15H2,1-4H3,(H,26,30)/t17-/m0/s1. The molecule has 0 spiro atoms. The van der Waals surface area contributed by atoms with Gasteiger partial charge in [-0.15, -0.1) is 0 Å². The van der Waals surface area contributed by atoms with Gasteiger partial charge >= 0.3 is 0 Å². The first-order valence-electron chi connectivity index (χ1n) is 10.5. The quantitative estimate of drug-likeness (QED) is 0.519. The Hall–Kier alpha value is -2.29. The van der Waals surface area contributed by atoms with Gasteiger partial charge in [-0.05, 0) is 44.0 Å². The minimum atomic E-state index is -3.83. The van der Waals surface area contributed by atoms with Gasteiger partial charge in [-0.3, -0.25) is 13.9 Å². The number of nitrogens with zero attached hydrogens (tertiary/aromatic N) is 2. The maximum Gasteiger partial charge on any atom is 0.244 e. The van der Waals surface area contributed by atoms with Crippen LogP contribution >= 0.6 is 23.2 Å². The number of carbonyl (C=O) groups is 2. The van der Waals surface area contributed by atoms with Crippen LogP contribution in [0, 0.1) is 6.92 Å². The fourth-order valence-corrected chi connectivity index (χ4v) is 4.37. The molecule has 0 saturated heterocycles. The zero-order chi connectivity index (χ0) is 24.8. The molecule has 0 radical (unpaired) electrons. The fourth-order valence-electron chi connectivity index (χ4n) is 3.24. The van der Waals surface area contributed by atoms with Gasteiger partial charge in [0.05, 0.1) is 22.0 Å². The Labute approximate surface area is 205 Å². The van der Waals surface area contributed by atoms with Crippen LogP contribution < -0.4 is 9.62 Å². The predicted molar refractivity (Wildman–Crippen MR) is 133 cm³/mol.